The van der Waals surface area contributed by atoms with Crippen LogP contribution < -0.4 is 0 Å². The molecule has 0 aromatic rings. The summed E-state index contributed by atoms with van der Waals surface area (Å²) in [4.78, 5) is 33.1. The van der Waals surface area contributed by atoms with E-state index in [0.29, 0.717) is 0 Å². The molecule has 8 nitrogen and oxygen atoms in total. The zero-order chi connectivity index (χ0) is 15.3. The zero-order valence-corrected chi connectivity index (χ0v) is 11.8. The molecule has 1 aliphatic heterocycles. The van der Waals surface area contributed by atoms with Crippen molar-refractivity contribution < 1.29 is 38.1 Å². The lowest BCUT2D eigenvalue weighted by Gasteiger charge is -2.22. The van der Waals surface area contributed by atoms with Crippen molar-refractivity contribution in [3.05, 3.63) is 0 Å². The van der Waals surface area contributed by atoms with Crippen LogP contribution in [0, 0.1) is 0 Å². The van der Waals surface area contributed by atoms with Gasteiger partial charge in [0.2, 0.25) is 0 Å². The van der Waals surface area contributed by atoms with Crippen molar-refractivity contribution in [2.75, 3.05) is 13.7 Å². The third-order valence-corrected chi connectivity index (χ3v) is 2.55. The molecule has 0 N–H and O–H groups in total. The van der Waals surface area contributed by atoms with Crippen LogP contribution in [-0.4, -0.2) is 56.2 Å². The first-order chi connectivity index (χ1) is 9.35. The van der Waals surface area contributed by atoms with E-state index in [1.54, 1.807) is 0 Å². The Morgan fingerprint density at radius 1 is 0.950 bits per heavy atom. The SMILES string of the molecule is CO[C@@H]1O[C@H](COC(C)=O)[C@@H](OC(C)=O)[C@H]1OC(C)=O. The highest BCUT2D eigenvalue weighted by Gasteiger charge is 2.49. The third-order valence-electron chi connectivity index (χ3n) is 2.55. The lowest BCUT2D eigenvalue weighted by Crippen LogP contribution is -2.41. The van der Waals surface area contributed by atoms with Gasteiger partial charge in [-0.1, -0.05) is 0 Å². The zero-order valence-electron chi connectivity index (χ0n) is 11.8. The van der Waals surface area contributed by atoms with Gasteiger partial charge in [0, 0.05) is 27.9 Å². The number of hydrogen-bond donors (Lipinski definition) is 0. The summed E-state index contributed by atoms with van der Waals surface area (Å²) >= 11 is 0. The minimum atomic E-state index is -0.915. The molecule has 0 aromatic carbocycles. The molecule has 0 aromatic heterocycles. The number of rotatable bonds is 5. The van der Waals surface area contributed by atoms with Crippen LogP contribution in [0.15, 0.2) is 0 Å². The monoisotopic (exact) mass is 290 g/mol. The third kappa shape index (κ3) is 4.46. The summed E-state index contributed by atoms with van der Waals surface area (Å²) in [5.41, 5.74) is 0. The maximum atomic E-state index is 11.1. The van der Waals surface area contributed by atoms with Gasteiger partial charge >= 0.3 is 17.9 Å². The summed E-state index contributed by atoms with van der Waals surface area (Å²) < 4.78 is 25.5. The number of ether oxygens (including phenoxy) is 5. The second-order valence-corrected chi connectivity index (χ2v) is 4.23. The predicted molar refractivity (Wildman–Crippen MR) is 63.4 cm³/mol. The quantitative estimate of drug-likeness (QED) is 0.506. The molecular formula is C12H18O8. The molecule has 0 aliphatic carbocycles. The molecule has 20 heavy (non-hydrogen) atoms. The van der Waals surface area contributed by atoms with Crippen LogP contribution in [0.2, 0.25) is 0 Å². The number of esters is 3. The largest absolute Gasteiger partial charge is 0.463 e. The number of carbonyl (C=O) groups excluding carboxylic acids is 3. The molecule has 0 amide bonds. The van der Waals surface area contributed by atoms with Crippen LogP contribution in [0.4, 0.5) is 0 Å². The van der Waals surface area contributed by atoms with Gasteiger partial charge in [-0.05, 0) is 0 Å². The minimum Gasteiger partial charge on any atom is -0.463 e. The van der Waals surface area contributed by atoms with Crippen LogP contribution in [0.5, 0.6) is 0 Å². The van der Waals surface area contributed by atoms with Gasteiger partial charge in [-0.3, -0.25) is 14.4 Å². The molecule has 8 heteroatoms. The van der Waals surface area contributed by atoms with E-state index in [2.05, 4.69) is 0 Å². The van der Waals surface area contributed by atoms with Crippen LogP contribution in [0.25, 0.3) is 0 Å². The van der Waals surface area contributed by atoms with Crippen LogP contribution in [0.1, 0.15) is 20.8 Å². The Bertz CT molecular complexity index is 380. The summed E-state index contributed by atoms with van der Waals surface area (Å²) in [7, 11) is 1.36. The summed E-state index contributed by atoms with van der Waals surface area (Å²) in [5, 5.41) is 0. The molecule has 0 unspecified atom stereocenters. The highest BCUT2D eigenvalue weighted by Crippen LogP contribution is 2.27. The van der Waals surface area contributed by atoms with Gasteiger partial charge in [-0.2, -0.15) is 0 Å². The molecule has 0 spiro atoms. The Kier molecular flexibility index (Phi) is 5.90. The van der Waals surface area contributed by atoms with Crippen LogP contribution in [-0.2, 0) is 38.1 Å². The molecular weight excluding hydrogens is 272 g/mol. The van der Waals surface area contributed by atoms with Gasteiger partial charge in [0.1, 0.15) is 12.7 Å². The predicted octanol–water partition coefficient (Wildman–Crippen LogP) is -0.216. The van der Waals surface area contributed by atoms with E-state index in [0.717, 1.165) is 0 Å². The molecule has 1 saturated heterocycles. The van der Waals surface area contributed by atoms with Crippen molar-refractivity contribution in [2.24, 2.45) is 0 Å². The van der Waals surface area contributed by atoms with Crippen molar-refractivity contribution in [1.29, 1.82) is 0 Å². The molecule has 114 valence electrons. The standard InChI is InChI=1S/C12H18O8/c1-6(13)17-5-9-10(18-7(2)14)11(19-8(3)15)12(16-4)20-9/h9-12H,5H2,1-4H3/t9-,10-,11-,12-/m1/s1. The van der Waals surface area contributed by atoms with Gasteiger partial charge in [0.05, 0.1) is 0 Å². The fraction of sp³-hybridized carbons (Fsp3) is 0.750. The summed E-state index contributed by atoms with van der Waals surface area (Å²) in [6, 6.07) is 0. The van der Waals surface area contributed by atoms with Gasteiger partial charge in [-0.25, -0.2) is 0 Å². The first-order valence-corrected chi connectivity index (χ1v) is 6.01. The van der Waals surface area contributed by atoms with E-state index in [4.69, 9.17) is 23.7 Å². The van der Waals surface area contributed by atoms with Crippen molar-refractivity contribution in [2.45, 2.75) is 45.4 Å². The second-order valence-electron chi connectivity index (χ2n) is 4.23. The Morgan fingerprint density at radius 3 is 1.95 bits per heavy atom. The lowest BCUT2D eigenvalue weighted by atomic mass is 10.1. The first kappa shape index (κ1) is 16.4. The van der Waals surface area contributed by atoms with Crippen molar-refractivity contribution >= 4 is 17.9 Å². The number of methoxy groups -OCH3 is 1. The number of carbonyl (C=O) groups is 3. The number of hydrogen-bond acceptors (Lipinski definition) is 8. The smallest absolute Gasteiger partial charge is 0.303 e. The highest BCUT2D eigenvalue weighted by molar-refractivity contribution is 5.67. The van der Waals surface area contributed by atoms with Crippen molar-refractivity contribution in [1.82, 2.24) is 0 Å². The Balaban J connectivity index is 2.84. The molecule has 0 bridgehead atoms. The molecule has 1 heterocycles. The van der Waals surface area contributed by atoms with E-state index in [1.165, 1.54) is 27.9 Å². The molecule has 0 saturated carbocycles. The highest BCUT2D eigenvalue weighted by atomic mass is 16.7. The van der Waals surface area contributed by atoms with Crippen molar-refractivity contribution in [3.63, 3.8) is 0 Å². The van der Waals surface area contributed by atoms with Gasteiger partial charge in [0.15, 0.2) is 18.5 Å². The van der Waals surface area contributed by atoms with Crippen LogP contribution in [0.3, 0.4) is 0 Å². The van der Waals surface area contributed by atoms with E-state index >= 15 is 0 Å². The topological polar surface area (TPSA) is 97.4 Å². The van der Waals surface area contributed by atoms with E-state index in [9.17, 15) is 14.4 Å². The minimum absolute atomic E-state index is 0.134. The summed E-state index contributed by atoms with van der Waals surface area (Å²) in [5.74, 6) is -1.63. The van der Waals surface area contributed by atoms with Gasteiger partial charge < -0.3 is 23.7 Å². The fourth-order valence-corrected chi connectivity index (χ4v) is 1.87. The van der Waals surface area contributed by atoms with Gasteiger partial charge in [-0.15, -0.1) is 0 Å². The Morgan fingerprint density at radius 2 is 1.50 bits per heavy atom. The first-order valence-electron chi connectivity index (χ1n) is 6.01. The summed E-state index contributed by atoms with van der Waals surface area (Å²) in [6.45, 7) is 3.54. The Labute approximate surface area is 116 Å². The summed E-state index contributed by atoms with van der Waals surface area (Å²) in [6.07, 6.45) is -3.48. The van der Waals surface area contributed by atoms with E-state index in [-0.39, 0.29) is 6.61 Å². The van der Waals surface area contributed by atoms with E-state index in [1.807, 2.05) is 0 Å². The molecule has 0 radical (unpaired) electrons. The molecule has 1 rings (SSSR count). The van der Waals surface area contributed by atoms with Crippen LogP contribution >= 0.6 is 0 Å². The Hall–Kier alpha value is -1.67. The molecule has 4 atom stereocenters. The normalized spacial score (nSPS) is 28.8. The average Bonchev–Trinajstić information content (AvgIpc) is 2.63. The van der Waals surface area contributed by atoms with Gasteiger partial charge in [0.25, 0.3) is 0 Å². The molecule has 1 fully saturated rings. The fourth-order valence-electron chi connectivity index (χ4n) is 1.87. The lowest BCUT2D eigenvalue weighted by molar-refractivity contribution is -0.181. The van der Waals surface area contributed by atoms with Crippen molar-refractivity contribution in [3.8, 4) is 0 Å². The maximum Gasteiger partial charge on any atom is 0.303 e. The van der Waals surface area contributed by atoms with E-state index < -0.39 is 42.5 Å². The second kappa shape index (κ2) is 7.20. The maximum absolute atomic E-state index is 11.1. The molecule has 1 aliphatic rings. The average molecular weight is 290 g/mol.